The Hall–Kier alpha value is -1.64. The van der Waals surface area contributed by atoms with Crippen LogP contribution in [0.4, 0.5) is 0 Å². The van der Waals surface area contributed by atoms with E-state index in [0.717, 1.165) is 45.0 Å². The van der Waals surface area contributed by atoms with Crippen molar-refractivity contribution in [2.75, 3.05) is 52.1 Å². The largest absolute Gasteiger partial charge is 0.357 e. The topological polar surface area (TPSA) is 77.0 Å². The van der Waals surface area contributed by atoms with Gasteiger partial charge < -0.3 is 10.6 Å². The maximum atomic E-state index is 11.7. The summed E-state index contributed by atoms with van der Waals surface area (Å²) in [6.45, 7) is 11.9. The summed E-state index contributed by atoms with van der Waals surface area (Å²) in [5.41, 5.74) is 1.29. The zero-order valence-electron chi connectivity index (χ0n) is 19.0. The predicted octanol–water partition coefficient (Wildman–Crippen LogP) is 2.30. The summed E-state index contributed by atoms with van der Waals surface area (Å²) in [6, 6.07) is 10.8. The van der Waals surface area contributed by atoms with Crippen molar-refractivity contribution in [3.63, 3.8) is 0 Å². The van der Waals surface area contributed by atoms with Gasteiger partial charge in [0.2, 0.25) is 10.0 Å². The van der Waals surface area contributed by atoms with Crippen LogP contribution in [0.1, 0.15) is 45.2 Å². The van der Waals surface area contributed by atoms with E-state index in [2.05, 4.69) is 60.6 Å². The minimum atomic E-state index is -3.07. The summed E-state index contributed by atoms with van der Waals surface area (Å²) in [7, 11) is -3.07. The number of hydrogen-bond acceptors (Lipinski definition) is 4. The Balaban J connectivity index is 1.98. The molecule has 0 spiro atoms. The van der Waals surface area contributed by atoms with Crippen LogP contribution in [0.3, 0.4) is 0 Å². The molecule has 0 aromatic heterocycles. The molecule has 1 aliphatic rings. The summed E-state index contributed by atoms with van der Waals surface area (Å²) in [5, 5.41) is 6.83. The summed E-state index contributed by atoms with van der Waals surface area (Å²) in [5.74, 6) is 1.29. The Kier molecular flexibility index (Phi) is 10.1. The minimum Gasteiger partial charge on any atom is -0.357 e. The molecule has 170 valence electrons. The van der Waals surface area contributed by atoms with Crippen LogP contribution in [0.25, 0.3) is 0 Å². The third-order valence-electron chi connectivity index (χ3n) is 5.80. The third-order valence-corrected chi connectivity index (χ3v) is 7.11. The summed E-state index contributed by atoms with van der Waals surface area (Å²) in [4.78, 5) is 7.33. The quantitative estimate of drug-likeness (QED) is 0.434. The van der Waals surface area contributed by atoms with Crippen molar-refractivity contribution in [2.45, 2.75) is 39.7 Å². The first-order valence-corrected chi connectivity index (χ1v) is 13.0. The molecule has 1 heterocycles. The zero-order chi connectivity index (χ0) is 22.0. The van der Waals surface area contributed by atoms with Gasteiger partial charge in [-0.2, -0.15) is 0 Å². The van der Waals surface area contributed by atoms with Crippen LogP contribution >= 0.6 is 0 Å². The van der Waals surface area contributed by atoms with E-state index >= 15 is 0 Å². The number of benzene rings is 1. The zero-order valence-corrected chi connectivity index (χ0v) is 19.8. The van der Waals surface area contributed by atoms with E-state index < -0.39 is 10.0 Å². The highest BCUT2D eigenvalue weighted by Gasteiger charge is 2.25. The van der Waals surface area contributed by atoms with Gasteiger partial charge in [0.25, 0.3) is 0 Å². The molecule has 2 N–H and O–H groups in total. The monoisotopic (exact) mass is 437 g/mol. The molecule has 1 aromatic carbocycles. The number of rotatable bonds is 10. The molecule has 1 atom stereocenters. The molecule has 0 amide bonds. The van der Waals surface area contributed by atoms with Gasteiger partial charge in [-0.25, -0.2) is 12.7 Å². The number of guanidine groups is 1. The summed E-state index contributed by atoms with van der Waals surface area (Å²) in [6.07, 6.45) is 3.05. The van der Waals surface area contributed by atoms with Gasteiger partial charge in [0.05, 0.1) is 18.8 Å². The van der Waals surface area contributed by atoms with E-state index in [4.69, 9.17) is 4.99 Å². The van der Waals surface area contributed by atoms with E-state index in [1.54, 1.807) is 4.31 Å². The van der Waals surface area contributed by atoms with Crippen LogP contribution in [0.5, 0.6) is 0 Å². The minimum absolute atomic E-state index is 0.245. The van der Waals surface area contributed by atoms with E-state index in [1.165, 1.54) is 11.8 Å². The van der Waals surface area contributed by atoms with Crippen LogP contribution in [-0.2, 0) is 10.0 Å². The normalized spacial score (nSPS) is 17.8. The fraction of sp³-hybridized carbons (Fsp3) is 0.682. The Morgan fingerprint density at radius 2 is 1.77 bits per heavy atom. The van der Waals surface area contributed by atoms with Gasteiger partial charge in [0.15, 0.2) is 5.96 Å². The molecule has 0 aliphatic carbocycles. The predicted molar refractivity (Wildman–Crippen MR) is 125 cm³/mol. The molecular formula is C22H39N5O2S. The number of hydrogen-bond donors (Lipinski definition) is 2. The molecule has 1 aliphatic heterocycles. The van der Waals surface area contributed by atoms with Gasteiger partial charge >= 0.3 is 0 Å². The van der Waals surface area contributed by atoms with Crippen molar-refractivity contribution < 1.29 is 8.42 Å². The summed E-state index contributed by atoms with van der Waals surface area (Å²) < 4.78 is 25.0. The average molecular weight is 438 g/mol. The average Bonchev–Trinajstić information content (AvgIpc) is 2.75. The number of nitrogens with zero attached hydrogens (tertiary/aromatic N) is 3. The van der Waals surface area contributed by atoms with Crippen molar-refractivity contribution in [1.29, 1.82) is 0 Å². The van der Waals surface area contributed by atoms with Crippen LogP contribution in [-0.4, -0.2) is 75.7 Å². The van der Waals surface area contributed by atoms with Gasteiger partial charge in [-0.1, -0.05) is 44.2 Å². The molecule has 1 fully saturated rings. The van der Waals surface area contributed by atoms with Crippen molar-refractivity contribution in [3.8, 4) is 0 Å². The van der Waals surface area contributed by atoms with Crippen molar-refractivity contribution in [3.05, 3.63) is 35.9 Å². The lowest BCUT2D eigenvalue weighted by molar-refractivity contribution is 0.224. The van der Waals surface area contributed by atoms with Gasteiger partial charge in [0.1, 0.15) is 0 Å². The molecule has 0 bridgehead atoms. The van der Waals surface area contributed by atoms with Gasteiger partial charge in [0, 0.05) is 26.2 Å². The molecule has 1 unspecified atom stereocenters. The number of sulfonamides is 1. The van der Waals surface area contributed by atoms with Gasteiger partial charge in [-0.3, -0.25) is 9.89 Å². The Morgan fingerprint density at radius 1 is 1.13 bits per heavy atom. The first-order chi connectivity index (χ1) is 14.4. The molecule has 0 radical (unpaired) electrons. The van der Waals surface area contributed by atoms with Gasteiger partial charge in [-0.15, -0.1) is 0 Å². The van der Waals surface area contributed by atoms with E-state index in [1.807, 2.05) is 6.07 Å². The molecule has 7 nitrogen and oxygen atoms in total. The second kappa shape index (κ2) is 12.3. The van der Waals surface area contributed by atoms with Crippen LogP contribution in [0, 0.1) is 5.92 Å². The highest BCUT2D eigenvalue weighted by molar-refractivity contribution is 7.88. The lowest BCUT2D eigenvalue weighted by atomic mass is 9.98. The fourth-order valence-electron chi connectivity index (χ4n) is 3.98. The number of likely N-dealkylation sites (N-methyl/N-ethyl adjacent to an activating group) is 1. The Bertz CT molecular complexity index is 742. The van der Waals surface area contributed by atoms with Gasteiger partial charge in [-0.05, 0) is 44.3 Å². The highest BCUT2D eigenvalue weighted by atomic mass is 32.2. The molecule has 30 heavy (non-hydrogen) atoms. The van der Waals surface area contributed by atoms with E-state index in [0.29, 0.717) is 25.6 Å². The lowest BCUT2D eigenvalue weighted by Gasteiger charge is -2.31. The van der Waals surface area contributed by atoms with Crippen molar-refractivity contribution >= 4 is 16.0 Å². The van der Waals surface area contributed by atoms with E-state index in [-0.39, 0.29) is 6.04 Å². The molecular weight excluding hydrogens is 398 g/mol. The smallest absolute Gasteiger partial charge is 0.211 e. The Morgan fingerprint density at radius 3 is 2.30 bits per heavy atom. The van der Waals surface area contributed by atoms with E-state index in [9.17, 15) is 8.42 Å². The SMILES string of the molecule is CCNC(=NCC(c1ccccc1)N(CC)CC)NCC1CCN(S(C)(=O)=O)CC1. The molecule has 8 heteroatoms. The van der Waals surface area contributed by atoms with Crippen molar-refractivity contribution in [1.82, 2.24) is 19.8 Å². The lowest BCUT2D eigenvalue weighted by Crippen LogP contribution is -2.44. The standard InChI is InChI=1S/C22H39N5O2S/c1-5-23-22(24-17-19-13-15-27(16-14-19)30(4,28)29)25-18-21(26(6-2)7-3)20-11-9-8-10-12-20/h8-12,19,21H,5-7,13-18H2,1-4H3,(H2,23,24,25). The number of piperidine rings is 1. The van der Waals surface area contributed by atoms with Crippen LogP contribution < -0.4 is 10.6 Å². The highest BCUT2D eigenvalue weighted by Crippen LogP contribution is 2.21. The fourth-order valence-corrected chi connectivity index (χ4v) is 4.85. The first kappa shape index (κ1) is 24.6. The second-order valence-electron chi connectivity index (χ2n) is 7.85. The molecule has 0 saturated carbocycles. The molecule has 1 aromatic rings. The Labute approximate surface area is 183 Å². The van der Waals surface area contributed by atoms with Crippen molar-refractivity contribution in [2.24, 2.45) is 10.9 Å². The third kappa shape index (κ3) is 7.56. The maximum Gasteiger partial charge on any atom is 0.211 e. The summed E-state index contributed by atoms with van der Waals surface area (Å²) >= 11 is 0. The molecule has 1 saturated heterocycles. The first-order valence-electron chi connectivity index (χ1n) is 11.1. The second-order valence-corrected chi connectivity index (χ2v) is 9.84. The number of aliphatic imine (C=N–C) groups is 1. The molecule has 2 rings (SSSR count). The number of nitrogens with one attached hydrogen (secondary N) is 2. The van der Waals surface area contributed by atoms with Crippen LogP contribution in [0.2, 0.25) is 0 Å². The van der Waals surface area contributed by atoms with Crippen LogP contribution in [0.15, 0.2) is 35.3 Å². The maximum absolute atomic E-state index is 11.7.